The Balaban J connectivity index is 2.31. The van der Waals surface area contributed by atoms with Gasteiger partial charge in [0.15, 0.2) is 0 Å². The van der Waals surface area contributed by atoms with Gasteiger partial charge < -0.3 is 4.74 Å². The first-order valence-corrected chi connectivity index (χ1v) is 9.06. The van der Waals surface area contributed by atoms with Crippen LogP contribution in [0.2, 0.25) is 0 Å². The van der Waals surface area contributed by atoms with Crippen LogP contribution in [0.25, 0.3) is 0 Å². The van der Waals surface area contributed by atoms with Crippen molar-refractivity contribution in [3.05, 3.63) is 23.9 Å². The largest absolute Gasteiger partial charge is 0.443 e. The van der Waals surface area contributed by atoms with Gasteiger partial charge in [-0.05, 0) is 66.1 Å². The van der Waals surface area contributed by atoms with Crippen LogP contribution in [0.4, 0.5) is 10.6 Å². The highest BCUT2D eigenvalue weighted by molar-refractivity contribution is 5.87. The third-order valence-electron chi connectivity index (χ3n) is 4.24. The van der Waals surface area contributed by atoms with Crippen LogP contribution in [0.3, 0.4) is 0 Å². The first-order valence-electron chi connectivity index (χ1n) is 9.06. The Morgan fingerprint density at radius 2 is 2.17 bits per heavy atom. The van der Waals surface area contributed by atoms with Gasteiger partial charge in [-0.15, -0.1) is 0 Å². The van der Waals surface area contributed by atoms with Crippen LogP contribution in [-0.4, -0.2) is 41.2 Å². The number of amides is 1. The molecule has 0 aromatic carbocycles. The number of aromatic nitrogens is 1. The summed E-state index contributed by atoms with van der Waals surface area (Å²) >= 11 is 0. The quantitative estimate of drug-likeness (QED) is 0.801. The van der Waals surface area contributed by atoms with Gasteiger partial charge in [-0.1, -0.05) is 13.0 Å². The maximum absolute atomic E-state index is 12.6. The Labute approximate surface area is 146 Å². The second-order valence-corrected chi connectivity index (χ2v) is 7.33. The minimum Gasteiger partial charge on any atom is -0.443 e. The molecular weight excluding hydrogens is 302 g/mol. The van der Waals surface area contributed by atoms with E-state index in [9.17, 15) is 4.79 Å². The van der Waals surface area contributed by atoms with Crippen LogP contribution in [0.15, 0.2) is 18.3 Å². The van der Waals surface area contributed by atoms with Crippen molar-refractivity contribution in [3.63, 3.8) is 0 Å². The molecule has 1 aromatic heterocycles. The van der Waals surface area contributed by atoms with Gasteiger partial charge in [-0.25, -0.2) is 9.78 Å². The standard InChI is InChI=1S/C19H31N3O2/c1-6-13-21-14-9-11-16(21)15-10-8-12-20-17(15)22(7-2)18(23)24-19(3,4)5/h8,10,12,16H,6-7,9,11,13-14H2,1-5H3/t16-/m1/s1. The van der Waals surface area contributed by atoms with E-state index in [0.29, 0.717) is 12.6 Å². The number of carbonyl (C=O) groups excluding carboxylic acids is 1. The Morgan fingerprint density at radius 1 is 1.42 bits per heavy atom. The minimum atomic E-state index is -0.513. The molecule has 0 aliphatic carbocycles. The second kappa shape index (κ2) is 7.97. The number of ether oxygens (including phenoxy) is 1. The fraction of sp³-hybridized carbons (Fsp3) is 0.684. The summed E-state index contributed by atoms with van der Waals surface area (Å²) in [6.07, 6.45) is 4.87. The third-order valence-corrected chi connectivity index (χ3v) is 4.24. The van der Waals surface area contributed by atoms with Crippen molar-refractivity contribution in [1.29, 1.82) is 0 Å². The highest BCUT2D eigenvalue weighted by Gasteiger charge is 2.31. The third kappa shape index (κ3) is 4.47. The predicted molar refractivity (Wildman–Crippen MR) is 97.3 cm³/mol. The van der Waals surface area contributed by atoms with E-state index >= 15 is 0 Å². The van der Waals surface area contributed by atoms with Crippen LogP contribution in [0, 0.1) is 0 Å². The Bertz CT molecular complexity index is 554. The lowest BCUT2D eigenvalue weighted by molar-refractivity contribution is 0.0580. The molecular formula is C19H31N3O2. The molecule has 5 heteroatoms. The van der Waals surface area contributed by atoms with Crippen molar-refractivity contribution in [1.82, 2.24) is 9.88 Å². The fourth-order valence-corrected chi connectivity index (χ4v) is 3.31. The normalized spacial score (nSPS) is 18.6. The van der Waals surface area contributed by atoms with Gasteiger partial charge in [0.25, 0.3) is 0 Å². The van der Waals surface area contributed by atoms with Gasteiger partial charge in [-0.2, -0.15) is 0 Å². The van der Waals surface area contributed by atoms with E-state index < -0.39 is 5.60 Å². The molecule has 1 atom stereocenters. The van der Waals surface area contributed by atoms with Crippen LogP contribution in [0.1, 0.15) is 65.5 Å². The van der Waals surface area contributed by atoms with E-state index in [0.717, 1.165) is 37.3 Å². The maximum atomic E-state index is 12.6. The fourth-order valence-electron chi connectivity index (χ4n) is 3.31. The SMILES string of the molecule is CCCN1CCC[C@@H]1c1cccnc1N(CC)C(=O)OC(C)(C)C. The molecule has 0 N–H and O–H groups in total. The molecule has 0 radical (unpaired) electrons. The molecule has 0 spiro atoms. The van der Waals surface area contributed by atoms with Crippen LogP contribution in [0.5, 0.6) is 0 Å². The van der Waals surface area contributed by atoms with Crippen molar-refractivity contribution in [2.75, 3.05) is 24.5 Å². The van der Waals surface area contributed by atoms with Crippen molar-refractivity contribution in [2.45, 2.75) is 65.5 Å². The molecule has 1 aliphatic heterocycles. The molecule has 2 rings (SSSR count). The molecule has 0 unspecified atom stereocenters. The van der Waals surface area contributed by atoms with Crippen molar-refractivity contribution in [2.24, 2.45) is 0 Å². The summed E-state index contributed by atoms with van der Waals surface area (Å²) in [4.78, 5) is 21.3. The second-order valence-electron chi connectivity index (χ2n) is 7.33. The van der Waals surface area contributed by atoms with Gasteiger partial charge in [0.05, 0.1) is 0 Å². The van der Waals surface area contributed by atoms with Crippen molar-refractivity contribution < 1.29 is 9.53 Å². The molecule has 1 aliphatic rings. The van der Waals surface area contributed by atoms with E-state index in [2.05, 4.69) is 22.9 Å². The summed E-state index contributed by atoms with van der Waals surface area (Å²) in [6, 6.07) is 4.41. The van der Waals surface area contributed by atoms with Gasteiger partial charge >= 0.3 is 6.09 Å². The Kier molecular flexibility index (Phi) is 6.21. The van der Waals surface area contributed by atoms with Gasteiger partial charge in [0.2, 0.25) is 0 Å². The van der Waals surface area contributed by atoms with E-state index in [1.807, 2.05) is 33.8 Å². The molecule has 5 nitrogen and oxygen atoms in total. The summed E-state index contributed by atoms with van der Waals surface area (Å²) in [5, 5.41) is 0. The first-order chi connectivity index (χ1) is 11.4. The summed E-state index contributed by atoms with van der Waals surface area (Å²) in [6.45, 7) is 12.6. The summed E-state index contributed by atoms with van der Waals surface area (Å²) in [7, 11) is 0. The molecule has 2 heterocycles. The summed E-state index contributed by atoms with van der Waals surface area (Å²) in [5.74, 6) is 0.738. The van der Waals surface area contributed by atoms with Gasteiger partial charge in [-0.3, -0.25) is 9.80 Å². The maximum Gasteiger partial charge on any atom is 0.415 e. The molecule has 134 valence electrons. The molecule has 24 heavy (non-hydrogen) atoms. The van der Waals surface area contributed by atoms with Crippen molar-refractivity contribution >= 4 is 11.9 Å². The Hall–Kier alpha value is -1.62. The topological polar surface area (TPSA) is 45.7 Å². The first kappa shape index (κ1) is 18.7. The van der Waals surface area contributed by atoms with Crippen molar-refractivity contribution in [3.8, 4) is 0 Å². The van der Waals surface area contributed by atoms with E-state index in [4.69, 9.17) is 4.74 Å². The number of pyridine rings is 1. The number of anilines is 1. The lowest BCUT2D eigenvalue weighted by Gasteiger charge is -2.30. The highest BCUT2D eigenvalue weighted by atomic mass is 16.6. The summed E-state index contributed by atoms with van der Waals surface area (Å²) in [5.41, 5.74) is 0.622. The number of hydrogen-bond acceptors (Lipinski definition) is 4. The zero-order valence-corrected chi connectivity index (χ0v) is 15.7. The average molecular weight is 333 g/mol. The van der Waals surface area contributed by atoms with Crippen LogP contribution < -0.4 is 4.90 Å². The van der Waals surface area contributed by atoms with Gasteiger partial charge in [0.1, 0.15) is 11.4 Å². The molecule has 0 saturated carbocycles. The smallest absolute Gasteiger partial charge is 0.415 e. The highest BCUT2D eigenvalue weighted by Crippen LogP contribution is 2.36. The van der Waals surface area contributed by atoms with E-state index in [1.54, 1.807) is 11.1 Å². The Morgan fingerprint density at radius 3 is 2.79 bits per heavy atom. The molecule has 1 amide bonds. The average Bonchev–Trinajstić information content (AvgIpc) is 2.95. The summed E-state index contributed by atoms with van der Waals surface area (Å²) < 4.78 is 5.57. The lowest BCUT2D eigenvalue weighted by atomic mass is 10.0. The van der Waals surface area contributed by atoms with Crippen LogP contribution >= 0.6 is 0 Å². The van der Waals surface area contributed by atoms with Crippen LogP contribution in [-0.2, 0) is 4.74 Å². The number of carbonyl (C=O) groups is 1. The van der Waals surface area contributed by atoms with E-state index in [-0.39, 0.29) is 6.09 Å². The van der Waals surface area contributed by atoms with Gasteiger partial charge in [0, 0.05) is 24.3 Å². The molecule has 1 aromatic rings. The zero-order chi connectivity index (χ0) is 17.7. The van der Waals surface area contributed by atoms with E-state index in [1.165, 1.54) is 6.42 Å². The number of hydrogen-bond donors (Lipinski definition) is 0. The lowest BCUT2D eigenvalue weighted by Crippen LogP contribution is -2.38. The molecule has 1 saturated heterocycles. The minimum absolute atomic E-state index is 0.329. The molecule has 0 bridgehead atoms. The number of nitrogens with zero attached hydrogens (tertiary/aromatic N) is 3. The number of rotatable bonds is 5. The predicted octanol–water partition coefficient (Wildman–Crippen LogP) is 4.39. The zero-order valence-electron chi connectivity index (χ0n) is 15.7. The molecule has 1 fully saturated rings. The number of likely N-dealkylation sites (tertiary alicyclic amines) is 1. The monoisotopic (exact) mass is 333 g/mol.